The maximum Gasteiger partial charge on any atom is 0.258 e. The molecule has 7 heteroatoms. The highest BCUT2D eigenvalue weighted by molar-refractivity contribution is 6.04. The predicted octanol–water partition coefficient (Wildman–Crippen LogP) is 2.53. The first kappa shape index (κ1) is 17.9. The van der Waals surface area contributed by atoms with Crippen LogP contribution in [0.25, 0.3) is 10.9 Å². The number of benzene rings is 2. The summed E-state index contributed by atoms with van der Waals surface area (Å²) in [5.41, 5.74) is 3.79. The minimum atomic E-state index is -0.449. The van der Waals surface area contributed by atoms with Crippen molar-refractivity contribution in [2.24, 2.45) is 5.92 Å². The second-order valence-electron chi connectivity index (χ2n) is 7.08. The van der Waals surface area contributed by atoms with Crippen LogP contribution in [0.5, 0.6) is 0 Å². The number of nitrogens with one attached hydrogen (secondary N) is 2. The first-order valence-corrected chi connectivity index (χ1v) is 9.09. The van der Waals surface area contributed by atoms with Gasteiger partial charge in [-0.3, -0.25) is 14.4 Å². The molecule has 142 valence electrons. The molecule has 1 aromatic heterocycles. The number of carbonyl (C=O) groups excluding carboxylic acids is 2. The van der Waals surface area contributed by atoms with Crippen LogP contribution in [0, 0.1) is 19.8 Å². The Hall–Kier alpha value is -3.48. The summed E-state index contributed by atoms with van der Waals surface area (Å²) < 4.78 is 0. The van der Waals surface area contributed by atoms with E-state index in [9.17, 15) is 14.4 Å². The van der Waals surface area contributed by atoms with Gasteiger partial charge >= 0.3 is 0 Å². The Kier molecular flexibility index (Phi) is 4.43. The highest BCUT2D eigenvalue weighted by atomic mass is 16.2. The Labute approximate surface area is 161 Å². The molecule has 0 saturated carbocycles. The van der Waals surface area contributed by atoms with Gasteiger partial charge in [-0.2, -0.15) is 0 Å². The van der Waals surface area contributed by atoms with Gasteiger partial charge in [-0.15, -0.1) is 0 Å². The molecule has 28 heavy (non-hydrogen) atoms. The molecular weight excluding hydrogens is 356 g/mol. The zero-order chi connectivity index (χ0) is 19.8. The van der Waals surface area contributed by atoms with Crippen LogP contribution >= 0.6 is 0 Å². The summed E-state index contributed by atoms with van der Waals surface area (Å²) in [5.74, 6) is -0.746. The second kappa shape index (κ2) is 6.92. The van der Waals surface area contributed by atoms with E-state index in [1.54, 1.807) is 23.1 Å². The third kappa shape index (κ3) is 3.15. The molecule has 1 fully saturated rings. The Morgan fingerprint density at radius 3 is 2.86 bits per heavy atom. The van der Waals surface area contributed by atoms with E-state index in [-0.39, 0.29) is 23.8 Å². The summed E-state index contributed by atoms with van der Waals surface area (Å²) in [7, 11) is 0. The van der Waals surface area contributed by atoms with Gasteiger partial charge in [-0.25, -0.2) is 4.98 Å². The highest BCUT2D eigenvalue weighted by Crippen LogP contribution is 2.30. The summed E-state index contributed by atoms with van der Waals surface area (Å²) in [6.45, 7) is 4.32. The molecule has 0 spiro atoms. The van der Waals surface area contributed by atoms with E-state index in [0.717, 1.165) is 16.8 Å². The van der Waals surface area contributed by atoms with E-state index in [1.807, 2.05) is 32.0 Å². The molecule has 0 bridgehead atoms. The van der Waals surface area contributed by atoms with Gasteiger partial charge in [-0.05, 0) is 49.2 Å². The Balaban J connectivity index is 1.53. The van der Waals surface area contributed by atoms with Crippen molar-refractivity contribution < 1.29 is 9.59 Å². The summed E-state index contributed by atoms with van der Waals surface area (Å²) in [5, 5.41) is 3.23. The van der Waals surface area contributed by atoms with Gasteiger partial charge in [0.15, 0.2) is 0 Å². The van der Waals surface area contributed by atoms with Crippen molar-refractivity contribution >= 4 is 34.1 Å². The average molecular weight is 376 g/mol. The molecule has 1 atom stereocenters. The number of aromatic nitrogens is 2. The third-order valence-corrected chi connectivity index (χ3v) is 5.27. The van der Waals surface area contributed by atoms with Crippen molar-refractivity contribution in [1.82, 2.24) is 9.97 Å². The molecule has 7 nitrogen and oxygen atoms in total. The molecule has 0 aliphatic carbocycles. The lowest BCUT2D eigenvalue weighted by atomic mass is 10.1. The first-order chi connectivity index (χ1) is 13.4. The normalized spacial score (nSPS) is 16.6. The second-order valence-corrected chi connectivity index (χ2v) is 7.08. The van der Waals surface area contributed by atoms with Gasteiger partial charge in [0.2, 0.25) is 11.8 Å². The molecule has 3 aromatic rings. The largest absolute Gasteiger partial charge is 0.326 e. The number of amides is 2. The topological polar surface area (TPSA) is 95.2 Å². The van der Waals surface area contributed by atoms with Gasteiger partial charge in [0, 0.05) is 24.3 Å². The molecule has 1 unspecified atom stereocenters. The molecule has 2 N–H and O–H groups in total. The lowest BCUT2D eigenvalue weighted by Gasteiger charge is -2.20. The number of H-pyrrole nitrogens is 1. The van der Waals surface area contributed by atoms with Gasteiger partial charge in [-0.1, -0.05) is 12.1 Å². The van der Waals surface area contributed by atoms with Gasteiger partial charge < -0.3 is 15.2 Å². The molecule has 0 radical (unpaired) electrons. The Morgan fingerprint density at radius 2 is 2.04 bits per heavy atom. The van der Waals surface area contributed by atoms with Crippen molar-refractivity contribution in [3.8, 4) is 0 Å². The van der Waals surface area contributed by atoms with E-state index in [1.165, 1.54) is 6.33 Å². The van der Waals surface area contributed by atoms with Crippen LogP contribution in [0.4, 0.5) is 11.4 Å². The van der Waals surface area contributed by atoms with Crippen molar-refractivity contribution in [2.75, 3.05) is 16.8 Å². The molecule has 1 aliphatic rings. The summed E-state index contributed by atoms with van der Waals surface area (Å²) in [4.78, 5) is 45.4. The first-order valence-electron chi connectivity index (χ1n) is 9.09. The maximum absolute atomic E-state index is 12.7. The van der Waals surface area contributed by atoms with Crippen LogP contribution in [0.15, 0.2) is 47.5 Å². The molecule has 2 aromatic carbocycles. The molecule has 4 rings (SSSR count). The SMILES string of the molecule is Cc1cccc(N2CC(C(=O)Nc3ccc4nc[nH]c(=O)c4c3)CC2=O)c1C. The Morgan fingerprint density at radius 1 is 1.21 bits per heavy atom. The van der Waals surface area contributed by atoms with Crippen LogP contribution in [-0.4, -0.2) is 28.3 Å². The fourth-order valence-corrected chi connectivity index (χ4v) is 3.53. The zero-order valence-corrected chi connectivity index (χ0v) is 15.7. The molecule has 2 heterocycles. The van der Waals surface area contributed by atoms with Gasteiger partial charge in [0.25, 0.3) is 5.56 Å². The van der Waals surface area contributed by atoms with E-state index in [2.05, 4.69) is 15.3 Å². The molecule has 1 saturated heterocycles. The molecular formula is C21H20N4O3. The van der Waals surface area contributed by atoms with Crippen LogP contribution in [-0.2, 0) is 9.59 Å². The molecule has 2 amide bonds. The maximum atomic E-state index is 12.7. The van der Waals surface area contributed by atoms with Gasteiger partial charge in [0.1, 0.15) is 0 Å². The summed E-state index contributed by atoms with van der Waals surface area (Å²) in [6, 6.07) is 10.8. The van der Waals surface area contributed by atoms with E-state index < -0.39 is 5.92 Å². The number of anilines is 2. The molecule has 1 aliphatic heterocycles. The minimum Gasteiger partial charge on any atom is -0.326 e. The van der Waals surface area contributed by atoms with Crippen LogP contribution in [0.2, 0.25) is 0 Å². The quantitative estimate of drug-likeness (QED) is 0.734. The van der Waals surface area contributed by atoms with Crippen molar-refractivity contribution in [2.45, 2.75) is 20.3 Å². The van der Waals surface area contributed by atoms with Crippen LogP contribution < -0.4 is 15.8 Å². The fraction of sp³-hybridized carbons (Fsp3) is 0.238. The van der Waals surface area contributed by atoms with E-state index >= 15 is 0 Å². The van der Waals surface area contributed by atoms with Gasteiger partial charge in [0.05, 0.1) is 23.1 Å². The highest BCUT2D eigenvalue weighted by Gasteiger charge is 2.35. The predicted molar refractivity (Wildman–Crippen MR) is 107 cm³/mol. The number of carbonyl (C=O) groups is 2. The fourth-order valence-electron chi connectivity index (χ4n) is 3.53. The number of aryl methyl sites for hydroxylation is 1. The summed E-state index contributed by atoms with van der Waals surface area (Å²) in [6.07, 6.45) is 1.50. The Bertz CT molecular complexity index is 1150. The van der Waals surface area contributed by atoms with Crippen LogP contribution in [0.1, 0.15) is 17.5 Å². The van der Waals surface area contributed by atoms with Crippen molar-refractivity contribution in [1.29, 1.82) is 0 Å². The number of fused-ring (bicyclic) bond motifs is 1. The van der Waals surface area contributed by atoms with E-state index in [4.69, 9.17) is 0 Å². The smallest absolute Gasteiger partial charge is 0.258 e. The zero-order valence-electron chi connectivity index (χ0n) is 15.7. The number of hydrogen-bond acceptors (Lipinski definition) is 4. The van der Waals surface area contributed by atoms with E-state index in [0.29, 0.717) is 23.1 Å². The number of nitrogens with zero attached hydrogens (tertiary/aromatic N) is 2. The number of hydrogen-bond donors (Lipinski definition) is 2. The standard InChI is InChI=1S/C21H20N4O3/c1-12-4-3-5-18(13(12)2)25-10-14(8-19(25)26)20(27)24-15-6-7-17-16(9-15)21(28)23-11-22-17/h3-7,9,11,14H,8,10H2,1-2H3,(H,24,27)(H,22,23,28). The van der Waals surface area contributed by atoms with Crippen molar-refractivity contribution in [3.05, 3.63) is 64.2 Å². The monoisotopic (exact) mass is 376 g/mol. The number of rotatable bonds is 3. The summed E-state index contributed by atoms with van der Waals surface area (Å²) >= 11 is 0. The average Bonchev–Trinajstić information content (AvgIpc) is 3.06. The number of aromatic amines is 1. The van der Waals surface area contributed by atoms with Crippen molar-refractivity contribution in [3.63, 3.8) is 0 Å². The lowest BCUT2D eigenvalue weighted by molar-refractivity contribution is -0.122. The minimum absolute atomic E-state index is 0.0620. The lowest BCUT2D eigenvalue weighted by Crippen LogP contribution is -2.28. The third-order valence-electron chi connectivity index (χ3n) is 5.27. The van der Waals surface area contributed by atoms with Crippen LogP contribution in [0.3, 0.4) is 0 Å².